The number of allylic oxidation sites excluding steroid dienone is 2. The van der Waals surface area contributed by atoms with Crippen molar-refractivity contribution in [2.45, 2.75) is 5.12 Å². The molecule has 1 atom stereocenters. The molecule has 1 heterocycles. The fraction of sp³-hybridized carbons (Fsp3) is 0.167. The van der Waals surface area contributed by atoms with Crippen LogP contribution in [0.1, 0.15) is 0 Å². The molecular formula is C6H5Cl3N2O2. The van der Waals surface area contributed by atoms with Gasteiger partial charge in [0.1, 0.15) is 5.70 Å². The molecule has 1 unspecified atom stereocenters. The molecule has 1 aliphatic rings. The quantitative estimate of drug-likeness (QED) is 0.476. The number of aliphatic carboxylic acids is 1. The Morgan fingerprint density at radius 2 is 2.15 bits per heavy atom. The summed E-state index contributed by atoms with van der Waals surface area (Å²) in [5.74, 6) is -1.25. The van der Waals surface area contributed by atoms with Gasteiger partial charge in [-0.15, -0.1) is 0 Å². The van der Waals surface area contributed by atoms with Crippen molar-refractivity contribution in [1.82, 2.24) is 5.32 Å². The summed E-state index contributed by atoms with van der Waals surface area (Å²) in [7, 11) is 0. The smallest absolute Gasteiger partial charge is 0.353 e. The van der Waals surface area contributed by atoms with Gasteiger partial charge in [0, 0.05) is 0 Å². The van der Waals surface area contributed by atoms with E-state index in [1.54, 1.807) is 0 Å². The van der Waals surface area contributed by atoms with Crippen molar-refractivity contribution in [3.63, 3.8) is 0 Å². The molecule has 0 aromatic rings. The van der Waals surface area contributed by atoms with Crippen LogP contribution < -0.4 is 11.1 Å². The molecule has 13 heavy (non-hydrogen) atoms. The van der Waals surface area contributed by atoms with E-state index in [0.717, 1.165) is 0 Å². The van der Waals surface area contributed by atoms with Crippen LogP contribution >= 0.6 is 34.8 Å². The number of hydrogen-bond acceptors (Lipinski definition) is 3. The molecule has 7 heteroatoms. The molecule has 0 saturated heterocycles. The Morgan fingerprint density at radius 1 is 1.62 bits per heavy atom. The minimum atomic E-state index is -1.60. The van der Waals surface area contributed by atoms with Crippen molar-refractivity contribution in [1.29, 1.82) is 0 Å². The van der Waals surface area contributed by atoms with Gasteiger partial charge in [-0.05, 0) is 6.08 Å². The third-order valence-corrected chi connectivity index (χ3v) is 2.46. The number of alkyl halides is 1. The summed E-state index contributed by atoms with van der Waals surface area (Å²) in [5.41, 5.74) is 5.14. The van der Waals surface area contributed by atoms with Gasteiger partial charge in [0.05, 0.1) is 10.1 Å². The van der Waals surface area contributed by atoms with E-state index in [1.807, 2.05) is 0 Å². The first kappa shape index (κ1) is 10.7. The minimum Gasteiger partial charge on any atom is -0.477 e. The average molecular weight is 243 g/mol. The van der Waals surface area contributed by atoms with E-state index >= 15 is 0 Å². The number of carboxylic acids is 1. The zero-order valence-corrected chi connectivity index (χ0v) is 8.41. The van der Waals surface area contributed by atoms with Crippen molar-refractivity contribution >= 4 is 40.8 Å². The van der Waals surface area contributed by atoms with Gasteiger partial charge in [0.15, 0.2) is 0 Å². The van der Waals surface area contributed by atoms with Crippen LogP contribution in [0.3, 0.4) is 0 Å². The molecule has 0 aromatic carbocycles. The number of halogens is 3. The monoisotopic (exact) mass is 242 g/mol. The highest BCUT2D eigenvalue weighted by atomic mass is 35.5. The summed E-state index contributed by atoms with van der Waals surface area (Å²) in [5, 5.41) is 9.30. The van der Waals surface area contributed by atoms with Crippen LogP contribution in [-0.2, 0) is 4.79 Å². The minimum absolute atomic E-state index is 0.0316. The molecule has 4 N–H and O–H groups in total. The van der Waals surface area contributed by atoms with Crippen molar-refractivity contribution in [2.24, 2.45) is 5.73 Å². The van der Waals surface area contributed by atoms with Crippen molar-refractivity contribution in [2.75, 3.05) is 0 Å². The third-order valence-electron chi connectivity index (χ3n) is 1.36. The Bertz CT molecular complexity index is 322. The predicted molar refractivity (Wildman–Crippen MR) is 50.4 cm³/mol. The van der Waals surface area contributed by atoms with Gasteiger partial charge in [-0.25, -0.2) is 4.79 Å². The van der Waals surface area contributed by atoms with Crippen LogP contribution in [0.15, 0.2) is 21.8 Å². The first-order chi connectivity index (χ1) is 5.84. The maximum atomic E-state index is 10.6. The number of rotatable bonds is 1. The first-order valence-electron chi connectivity index (χ1n) is 3.11. The Hall–Kier alpha value is -0.420. The second-order valence-electron chi connectivity index (χ2n) is 2.36. The Morgan fingerprint density at radius 3 is 2.62 bits per heavy atom. The zero-order valence-electron chi connectivity index (χ0n) is 6.14. The lowest BCUT2D eigenvalue weighted by molar-refractivity contribution is -0.133. The molecule has 0 aliphatic carbocycles. The van der Waals surface area contributed by atoms with Crippen LogP contribution in [0.5, 0.6) is 0 Å². The highest BCUT2D eigenvalue weighted by Crippen LogP contribution is 2.29. The highest BCUT2D eigenvalue weighted by Gasteiger charge is 2.33. The zero-order chi connectivity index (χ0) is 10.2. The summed E-state index contributed by atoms with van der Waals surface area (Å²) in [4.78, 5) is 10.6. The highest BCUT2D eigenvalue weighted by molar-refractivity contribution is 6.42. The van der Waals surface area contributed by atoms with Gasteiger partial charge in [0.2, 0.25) is 5.12 Å². The van der Waals surface area contributed by atoms with Gasteiger partial charge >= 0.3 is 5.97 Å². The second-order valence-corrected chi connectivity index (χ2v) is 3.77. The van der Waals surface area contributed by atoms with E-state index in [4.69, 9.17) is 45.6 Å². The molecule has 72 valence electrons. The number of hydrogen-bond donors (Lipinski definition) is 3. The maximum Gasteiger partial charge on any atom is 0.353 e. The molecule has 0 fully saturated rings. The van der Waals surface area contributed by atoms with E-state index in [9.17, 15) is 4.79 Å². The molecule has 0 bridgehead atoms. The SMILES string of the molecule is NC1(Cl)NC(C(=O)O)=C(Cl)C=C1Cl. The van der Waals surface area contributed by atoms with E-state index < -0.39 is 11.1 Å². The summed E-state index contributed by atoms with van der Waals surface area (Å²) in [6, 6.07) is 0. The van der Waals surface area contributed by atoms with E-state index in [2.05, 4.69) is 5.32 Å². The molecule has 4 nitrogen and oxygen atoms in total. The maximum absolute atomic E-state index is 10.6. The number of nitrogens with two attached hydrogens (primary N) is 1. The van der Waals surface area contributed by atoms with Crippen LogP contribution in [0.4, 0.5) is 0 Å². The summed E-state index contributed by atoms with van der Waals surface area (Å²) < 4.78 is 0. The van der Waals surface area contributed by atoms with Crippen molar-refractivity contribution in [3.8, 4) is 0 Å². The van der Waals surface area contributed by atoms with Crippen molar-refractivity contribution in [3.05, 3.63) is 21.8 Å². The lowest BCUT2D eigenvalue weighted by Gasteiger charge is -2.27. The number of carbonyl (C=O) groups is 1. The average Bonchev–Trinajstić information content (AvgIpc) is 1.97. The standard InChI is InChI=1S/C6H5Cl3N2O2/c7-2-1-3(8)6(9,10)11-4(2)5(12)13/h1,11H,10H2,(H,12,13). The Balaban J connectivity index is 3.12. The molecule has 1 aliphatic heterocycles. The van der Waals surface area contributed by atoms with E-state index in [0.29, 0.717) is 0 Å². The molecule has 0 spiro atoms. The van der Waals surface area contributed by atoms with Gasteiger partial charge < -0.3 is 10.4 Å². The van der Waals surface area contributed by atoms with Crippen molar-refractivity contribution < 1.29 is 9.90 Å². The molecule has 1 rings (SSSR count). The van der Waals surface area contributed by atoms with Gasteiger partial charge in [-0.1, -0.05) is 34.8 Å². The van der Waals surface area contributed by atoms with Crippen LogP contribution in [0, 0.1) is 0 Å². The normalized spacial score (nSPS) is 28.2. The van der Waals surface area contributed by atoms with E-state index in [1.165, 1.54) is 6.08 Å². The van der Waals surface area contributed by atoms with Crippen LogP contribution in [0.25, 0.3) is 0 Å². The lowest BCUT2D eigenvalue weighted by atomic mass is 10.2. The fourth-order valence-corrected chi connectivity index (χ4v) is 1.34. The number of carboxylic acid groups (broad SMARTS) is 1. The summed E-state index contributed by atoms with van der Waals surface area (Å²) in [6.45, 7) is 0. The Kier molecular flexibility index (Phi) is 2.77. The van der Waals surface area contributed by atoms with E-state index in [-0.39, 0.29) is 15.8 Å². The largest absolute Gasteiger partial charge is 0.477 e. The molecule has 0 amide bonds. The third kappa shape index (κ3) is 2.08. The lowest BCUT2D eigenvalue weighted by Crippen LogP contribution is -2.51. The molecule has 0 saturated carbocycles. The van der Waals surface area contributed by atoms with Gasteiger partial charge in [0.25, 0.3) is 0 Å². The number of dihydropyridines is 1. The fourth-order valence-electron chi connectivity index (χ4n) is 0.745. The summed E-state index contributed by atoms with van der Waals surface area (Å²) >= 11 is 16.8. The first-order valence-corrected chi connectivity index (χ1v) is 4.24. The molecule has 0 radical (unpaired) electrons. The number of nitrogens with one attached hydrogen (secondary N) is 1. The van der Waals surface area contributed by atoms with Gasteiger partial charge in [-0.2, -0.15) is 0 Å². The summed E-state index contributed by atoms with van der Waals surface area (Å²) in [6.07, 6.45) is 1.19. The molecular weight excluding hydrogens is 238 g/mol. The predicted octanol–water partition coefficient (Wildman–Crippen LogP) is 1.10. The Labute approximate surface area is 88.9 Å². The van der Waals surface area contributed by atoms with Crippen LogP contribution in [0.2, 0.25) is 0 Å². The topological polar surface area (TPSA) is 75.3 Å². The van der Waals surface area contributed by atoms with Crippen LogP contribution in [-0.4, -0.2) is 16.2 Å². The second kappa shape index (κ2) is 3.38. The molecule has 0 aromatic heterocycles. The van der Waals surface area contributed by atoms with Gasteiger partial charge in [-0.3, -0.25) is 5.73 Å².